The number of rotatable bonds is 3. The molecule has 1 unspecified atom stereocenters. The molecule has 0 amide bonds. The number of nitrogens with two attached hydrogens (primary N) is 1. The van der Waals surface area contributed by atoms with Gasteiger partial charge in [-0.2, -0.15) is 0 Å². The molecule has 106 valence electrons. The molecule has 20 heavy (non-hydrogen) atoms. The second-order valence-electron chi connectivity index (χ2n) is 5.67. The van der Waals surface area contributed by atoms with Crippen molar-refractivity contribution in [3.63, 3.8) is 0 Å². The van der Waals surface area contributed by atoms with Crippen molar-refractivity contribution in [3.8, 4) is 0 Å². The van der Waals surface area contributed by atoms with Gasteiger partial charge in [0.15, 0.2) is 0 Å². The number of hydrogen-bond acceptors (Lipinski definition) is 4. The first-order chi connectivity index (χ1) is 9.63. The molecule has 5 nitrogen and oxygen atoms in total. The van der Waals surface area contributed by atoms with Gasteiger partial charge >= 0.3 is 0 Å². The Morgan fingerprint density at radius 2 is 2.15 bits per heavy atom. The lowest BCUT2D eigenvalue weighted by atomic mass is 10.0. The number of hydrogen-bond donors (Lipinski definition) is 3. The van der Waals surface area contributed by atoms with Crippen LogP contribution in [0.3, 0.4) is 0 Å². The second-order valence-corrected chi connectivity index (χ2v) is 5.67. The van der Waals surface area contributed by atoms with Crippen molar-refractivity contribution in [1.82, 2.24) is 9.97 Å². The maximum absolute atomic E-state index is 12.1. The van der Waals surface area contributed by atoms with E-state index < -0.39 is 0 Å². The number of H-pyrrole nitrogens is 1. The first-order valence-electron chi connectivity index (χ1n) is 7.19. The van der Waals surface area contributed by atoms with Gasteiger partial charge in [-0.25, -0.2) is 4.98 Å². The number of aromatic amines is 1. The van der Waals surface area contributed by atoms with Crippen molar-refractivity contribution in [2.45, 2.75) is 38.6 Å². The van der Waals surface area contributed by atoms with E-state index in [1.54, 1.807) is 18.2 Å². The SMILES string of the molecule is CC(Nc1nc2ccc(N)cc2c(=O)[nH]1)C1CCCC1. The average molecular weight is 272 g/mol. The number of anilines is 2. The van der Waals surface area contributed by atoms with Crippen molar-refractivity contribution < 1.29 is 0 Å². The minimum absolute atomic E-state index is 0.150. The Kier molecular flexibility index (Phi) is 3.34. The summed E-state index contributed by atoms with van der Waals surface area (Å²) < 4.78 is 0. The molecular formula is C15H20N4O. The number of fused-ring (bicyclic) bond motifs is 1. The monoisotopic (exact) mass is 272 g/mol. The van der Waals surface area contributed by atoms with Crippen molar-refractivity contribution in [3.05, 3.63) is 28.6 Å². The van der Waals surface area contributed by atoms with Gasteiger partial charge in [0.1, 0.15) is 0 Å². The molecule has 2 aromatic rings. The fourth-order valence-electron chi connectivity index (χ4n) is 3.02. The standard InChI is InChI=1S/C15H20N4O/c1-9(10-4-2-3-5-10)17-15-18-13-7-6-11(16)8-12(13)14(20)19-15/h6-10H,2-5,16H2,1H3,(H2,17,18,19,20). The van der Waals surface area contributed by atoms with Crippen molar-refractivity contribution in [1.29, 1.82) is 0 Å². The van der Waals surface area contributed by atoms with Crippen LogP contribution < -0.4 is 16.6 Å². The molecule has 5 heteroatoms. The molecule has 0 saturated heterocycles. The molecule has 1 aliphatic rings. The van der Waals surface area contributed by atoms with Crippen molar-refractivity contribution in [2.24, 2.45) is 5.92 Å². The molecule has 1 aromatic carbocycles. The van der Waals surface area contributed by atoms with E-state index in [0.717, 1.165) is 0 Å². The van der Waals surface area contributed by atoms with Crippen LogP contribution in [0.4, 0.5) is 11.6 Å². The Labute approximate surface area is 117 Å². The maximum atomic E-state index is 12.1. The summed E-state index contributed by atoms with van der Waals surface area (Å²) >= 11 is 0. The summed E-state index contributed by atoms with van der Waals surface area (Å²) in [6.45, 7) is 2.16. The van der Waals surface area contributed by atoms with Gasteiger partial charge in [-0.05, 0) is 43.9 Å². The van der Waals surface area contributed by atoms with Gasteiger partial charge in [-0.3, -0.25) is 9.78 Å². The Morgan fingerprint density at radius 3 is 2.90 bits per heavy atom. The van der Waals surface area contributed by atoms with Crippen LogP contribution in [-0.4, -0.2) is 16.0 Å². The largest absolute Gasteiger partial charge is 0.399 e. The molecule has 1 fully saturated rings. The van der Waals surface area contributed by atoms with E-state index in [1.807, 2.05) is 0 Å². The molecule has 4 N–H and O–H groups in total. The fourth-order valence-corrected chi connectivity index (χ4v) is 3.02. The van der Waals surface area contributed by atoms with Crippen LogP contribution in [0, 0.1) is 5.92 Å². The molecule has 0 radical (unpaired) electrons. The Morgan fingerprint density at radius 1 is 1.40 bits per heavy atom. The average Bonchev–Trinajstić information content (AvgIpc) is 2.94. The molecule has 1 atom stereocenters. The van der Waals surface area contributed by atoms with E-state index in [0.29, 0.717) is 34.5 Å². The third-order valence-electron chi connectivity index (χ3n) is 4.20. The third kappa shape index (κ3) is 2.48. The quantitative estimate of drug-likeness (QED) is 0.750. The van der Waals surface area contributed by atoms with E-state index in [9.17, 15) is 4.79 Å². The highest BCUT2D eigenvalue weighted by Gasteiger charge is 2.21. The Hall–Kier alpha value is -2.04. The minimum Gasteiger partial charge on any atom is -0.399 e. The van der Waals surface area contributed by atoms with Gasteiger partial charge in [0.05, 0.1) is 10.9 Å². The van der Waals surface area contributed by atoms with Crippen LogP contribution in [0.15, 0.2) is 23.0 Å². The van der Waals surface area contributed by atoms with Gasteiger partial charge < -0.3 is 11.1 Å². The van der Waals surface area contributed by atoms with Gasteiger partial charge in [0, 0.05) is 11.7 Å². The molecule has 1 saturated carbocycles. The first-order valence-corrected chi connectivity index (χ1v) is 7.19. The Bertz CT molecular complexity index is 673. The lowest BCUT2D eigenvalue weighted by Gasteiger charge is -2.20. The van der Waals surface area contributed by atoms with E-state index >= 15 is 0 Å². The number of nitrogens with one attached hydrogen (secondary N) is 2. The molecule has 3 rings (SSSR count). The van der Waals surface area contributed by atoms with Crippen LogP contribution >= 0.6 is 0 Å². The van der Waals surface area contributed by atoms with E-state index in [4.69, 9.17) is 5.73 Å². The van der Waals surface area contributed by atoms with Gasteiger partial charge in [-0.1, -0.05) is 12.8 Å². The number of benzene rings is 1. The van der Waals surface area contributed by atoms with Gasteiger partial charge in [0.2, 0.25) is 5.95 Å². The summed E-state index contributed by atoms with van der Waals surface area (Å²) in [5.41, 5.74) is 6.79. The highest BCUT2D eigenvalue weighted by molar-refractivity contribution is 5.81. The third-order valence-corrected chi connectivity index (χ3v) is 4.20. The zero-order valence-electron chi connectivity index (χ0n) is 11.6. The molecule has 0 aliphatic heterocycles. The van der Waals surface area contributed by atoms with Crippen LogP contribution in [0.2, 0.25) is 0 Å². The summed E-state index contributed by atoms with van der Waals surface area (Å²) in [6, 6.07) is 5.53. The second kappa shape index (κ2) is 5.15. The summed E-state index contributed by atoms with van der Waals surface area (Å²) in [6.07, 6.45) is 5.11. The van der Waals surface area contributed by atoms with E-state index in [2.05, 4.69) is 22.2 Å². The smallest absolute Gasteiger partial charge is 0.260 e. The summed E-state index contributed by atoms with van der Waals surface area (Å²) in [4.78, 5) is 19.3. The van der Waals surface area contributed by atoms with Crippen molar-refractivity contribution in [2.75, 3.05) is 11.1 Å². The Balaban J connectivity index is 1.88. The number of nitrogens with zero attached hydrogens (tertiary/aromatic N) is 1. The van der Waals surface area contributed by atoms with Crippen LogP contribution in [0.25, 0.3) is 10.9 Å². The number of aromatic nitrogens is 2. The van der Waals surface area contributed by atoms with Crippen LogP contribution in [0.1, 0.15) is 32.6 Å². The van der Waals surface area contributed by atoms with Gasteiger partial charge in [0.25, 0.3) is 5.56 Å². The summed E-state index contributed by atoms with van der Waals surface area (Å²) in [5, 5.41) is 3.87. The normalized spacial score (nSPS) is 17.4. The highest BCUT2D eigenvalue weighted by Crippen LogP contribution is 2.28. The van der Waals surface area contributed by atoms with E-state index in [-0.39, 0.29) is 5.56 Å². The van der Waals surface area contributed by atoms with Crippen molar-refractivity contribution >= 4 is 22.5 Å². The molecule has 1 aliphatic carbocycles. The van der Waals surface area contributed by atoms with Gasteiger partial charge in [-0.15, -0.1) is 0 Å². The molecule has 0 bridgehead atoms. The maximum Gasteiger partial charge on any atom is 0.260 e. The minimum atomic E-state index is -0.150. The van der Waals surface area contributed by atoms with Crippen LogP contribution in [0.5, 0.6) is 0 Å². The molecule has 0 spiro atoms. The molecular weight excluding hydrogens is 252 g/mol. The van der Waals surface area contributed by atoms with E-state index in [1.165, 1.54) is 25.7 Å². The van der Waals surface area contributed by atoms with Crippen LogP contribution in [-0.2, 0) is 0 Å². The predicted molar refractivity (Wildman–Crippen MR) is 81.8 cm³/mol. The molecule has 1 heterocycles. The highest BCUT2D eigenvalue weighted by atomic mass is 16.1. The molecule has 1 aromatic heterocycles. The first kappa shape index (κ1) is 13.0. The lowest BCUT2D eigenvalue weighted by molar-refractivity contribution is 0.480. The zero-order valence-corrected chi connectivity index (χ0v) is 11.6. The topological polar surface area (TPSA) is 83.8 Å². The predicted octanol–water partition coefficient (Wildman–Crippen LogP) is 2.50. The summed E-state index contributed by atoms with van der Waals surface area (Å²) in [7, 11) is 0. The lowest BCUT2D eigenvalue weighted by Crippen LogP contribution is -2.26. The zero-order chi connectivity index (χ0) is 14.1. The fraction of sp³-hybridized carbons (Fsp3) is 0.467. The summed E-state index contributed by atoms with van der Waals surface area (Å²) in [5.74, 6) is 1.22. The number of nitrogen functional groups attached to an aromatic ring is 1.